The van der Waals surface area contributed by atoms with Crippen molar-refractivity contribution in [1.29, 1.82) is 0 Å². The van der Waals surface area contributed by atoms with Crippen LogP contribution in [0.1, 0.15) is 5.56 Å². The van der Waals surface area contributed by atoms with Crippen molar-refractivity contribution in [1.82, 2.24) is 14.7 Å². The van der Waals surface area contributed by atoms with E-state index in [1.54, 1.807) is 12.4 Å². The normalized spacial score (nSPS) is 11.4. The summed E-state index contributed by atoms with van der Waals surface area (Å²) < 4.78 is 26.3. The van der Waals surface area contributed by atoms with Crippen molar-refractivity contribution in [3.05, 3.63) is 53.6 Å². The summed E-state index contributed by atoms with van der Waals surface area (Å²) in [6.45, 7) is 0.145. The van der Waals surface area contributed by atoms with Crippen molar-refractivity contribution >= 4 is 21.6 Å². The zero-order chi connectivity index (χ0) is 13.0. The van der Waals surface area contributed by atoms with E-state index in [0.717, 1.165) is 0 Å². The van der Waals surface area contributed by atoms with E-state index in [9.17, 15) is 8.42 Å². The van der Waals surface area contributed by atoms with Gasteiger partial charge >= 0.3 is 0 Å². The Morgan fingerprint density at radius 1 is 1.11 bits per heavy atom. The number of nitrogens with zero attached hydrogens (tertiary/aromatic N) is 2. The minimum absolute atomic E-state index is 0.145. The van der Waals surface area contributed by atoms with E-state index in [-0.39, 0.29) is 11.4 Å². The standard InChI is InChI=1S/C11H10ClN3O2S/c12-10-1-3-11(4-2-10)18(16,17)15-7-9-5-13-8-14-6-9/h1-6,8,15H,7H2. The van der Waals surface area contributed by atoms with Crippen molar-refractivity contribution in [2.75, 3.05) is 0 Å². The molecule has 1 aromatic carbocycles. The molecule has 2 aromatic rings. The third-order valence-electron chi connectivity index (χ3n) is 2.20. The minimum atomic E-state index is -3.54. The Labute approximate surface area is 110 Å². The van der Waals surface area contributed by atoms with Gasteiger partial charge in [-0.05, 0) is 24.3 Å². The summed E-state index contributed by atoms with van der Waals surface area (Å²) in [7, 11) is -3.54. The van der Waals surface area contributed by atoms with Crippen LogP contribution < -0.4 is 4.72 Å². The fraction of sp³-hybridized carbons (Fsp3) is 0.0909. The van der Waals surface area contributed by atoms with Gasteiger partial charge in [-0.2, -0.15) is 0 Å². The maximum atomic E-state index is 11.9. The molecule has 1 N–H and O–H groups in total. The molecule has 0 amide bonds. The highest BCUT2D eigenvalue weighted by Crippen LogP contribution is 2.14. The molecule has 0 saturated heterocycles. The molecule has 2 rings (SSSR count). The third kappa shape index (κ3) is 3.25. The summed E-state index contributed by atoms with van der Waals surface area (Å²) >= 11 is 5.70. The molecular weight excluding hydrogens is 274 g/mol. The molecule has 0 aliphatic rings. The molecule has 0 fully saturated rings. The minimum Gasteiger partial charge on any atom is -0.244 e. The summed E-state index contributed by atoms with van der Waals surface area (Å²) in [5.41, 5.74) is 0.690. The average Bonchev–Trinajstić information content (AvgIpc) is 2.38. The van der Waals surface area contributed by atoms with Crippen LogP contribution in [0.4, 0.5) is 0 Å². The molecule has 0 spiro atoms. The molecule has 0 unspecified atom stereocenters. The van der Waals surface area contributed by atoms with Crippen LogP contribution in [-0.4, -0.2) is 18.4 Å². The summed E-state index contributed by atoms with van der Waals surface area (Å²) in [4.78, 5) is 7.78. The van der Waals surface area contributed by atoms with E-state index >= 15 is 0 Å². The van der Waals surface area contributed by atoms with Crippen molar-refractivity contribution in [2.45, 2.75) is 11.4 Å². The number of halogens is 1. The first-order valence-corrected chi connectivity index (χ1v) is 6.93. The zero-order valence-electron chi connectivity index (χ0n) is 9.25. The molecule has 0 aliphatic carbocycles. The van der Waals surface area contributed by atoms with E-state index in [0.29, 0.717) is 10.6 Å². The van der Waals surface area contributed by atoms with Gasteiger partial charge in [0.05, 0.1) is 4.90 Å². The van der Waals surface area contributed by atoms with Crippen molar-refractivity contribution in [2.24, 2.45) is 0 Å². The highest BCUT2D eigenvalue weighted by molar-refractivity contribution is 7.89. The van der Waals surface area contributed by atoms with Crippen LogP contribution in [0.25, 0.3) is 0 Å². The Hall–Kier alpha value is -1.50. The zero-order valence-corrected chi connectivity index (χ0v) is 10.8. The number of rotatable bonds is 4. The molecule has 0 atom stereocenters. The average molecular weight is 284 g/mol. The lowest BCUT2D eigenvalue weighted by molar-refractivity contribution is 0.581. The summed E-state index contributed by atoms with van der Waals surface area (Å²) in [6.07, 6.45) is 4.49. The highest BCUT2D eigenvalue weighted by atomic mass is 35.5. The maximum Gasteiger partial charge on any atom is 0.240 e. The number of aromatic nitrogens is 2. The number of sulfonamides is 1. The van der Waals surface area contributed by atoms with E-state index < -0.39 is 10.0 Å². The first-order valence-electron chi connectivity index (χ1n) is 5.07. The summed E-state index contributed by atoms with van der Waals surface area (Å²) in [5, 5.41) is 0.491. The molecule has 1 heterocycles. The van der Waals surface area contributed by atoms with E-state index in [2.05, 4.69) is 14.7 Å². The van der Waals surface area contributed by atoms with Crippen LogP contribution in [0.3, 0.4) is 0 Å². The monoisotopic (exact) mass is 283 g/mol. The van der Waals surface area contributed by atoms with Gasteiger partial charge in [-0.1, -0.05) is 11.6 Å². The summed E-state index contributed by atoms with van der Waals surface area (Å²) in [6, 6.07) is 5.96. The fourth-order valence-corrected chi connectivity index (χ4v) is 2.44. The van der Waals surface area contributed by atoms with Gasteiger partial charge in [0.15, 0.2) is 0 Å². The number of hydrogen-bond acceptors (Lipinski definition) is 4. The molecule has 0 bridgehead atoms. The van der Waals surface area contributed by atoms with Gasteiger partial charge in [0.1, 0.15) is 6.33 Å². The molecule has 1 aromatic heterocycles. The lowest BCUT2D eigenvalue weighted by atomic mass is 10.4. The first-order chi connectivity index (χ1) is 8.58. The quantitative estimate of drug-likeness (QED) is 0.925. The fourth-order valence-electron chi connectivity index (χ4n) is 1.30. The van der Waals surface area contributed by atoms with Crippen LogP contribution in [0, 0.1) is 0 Å². The van der Waals surface area contributed by atoms with Gasteiger partial charge in [-0.15, -0.1) is 0 Å². The van der Waals surface area contributed by atoms with Gasteiger partial charge in [-0.3, -0.25) is 0 Å². The topological polar surface area (TPSA) is 72.0 Å². The molecule has 18 heavy (non-hydrogen) atoms. The van der Waals surface area contributed by atoms with Gasteiger partial charge in [0.2, 0.25) is 10.0 Å². The van der Waals surface area contributed by atoms with E-state index in [1.165, 1.54) is 30.6 Å². The molecule has 0 radical (unpaired) electrons. The molecular formula is C11H10ClN3O2S. The van der Waals surface area contributed by atoms with Crippen LogP contribution >= 0.6 is 11.6 Å². The van der Waals surface area contributed by atoms with Gasteiger partial charge < -0.3 is 0 Å². The second-order valence-electron chi connectivity index (χ2n) is 3.53. The van der Waals surface area contributed by atoms with Gasteiger partial charge in [-0.25, -0.2) is 23.1 Å². The Kier molecular flexibility index (Phi) is 3.90. The molecule has 94 valence electrons. The predicted octanol–water partition coefficient (Wildman–Crippen LogP) is 1.61. The Bertz CT molecular complexity index is 614. The Morgan fingerprint density at radius 3 is 2.33 bits per heavy atom. The number of hydrogen-bond donors (Lipinski definition) is 1. The van der Waals surface area contributed by atoms with Crippen LogP contribution in [0.2, 0.25) is 5.02 Å². The van der Waals surface area contributed by atoms with Crippen molar-refractivity contribution in [3.8, 4) is 0 Å². The number of nitrogens with one attached hydrogen (secondary N) is 1. The van der Waals surface area contributed by atoms with Gasteiger partial charge in [0, 0.05) is 29.5 Å². The summed E-state index contributed by atoms with van der Waals surface area (Å²) in [5.74, 6) is 0. The van der Waals surface area contributed by atoms with E-state index in [4.69, 9.17) is 11.6 Å². The Balaban J connectivity index is 2.11. The lowest BCUT2D eigenvalue weighted by Gasteiger charge is -2.06. The third-order valence-corrected chi connectivity index (χ3v) is 3.87. The van der Waals surface area contributed by atoms with Crippen LogP contribution in [0.15, 0.2) is 47.9 Å². The smallest absolute Gasteiger partial charge is 0.240 e. The molecule has 5 nitrogen and oxygen atoms in total. The number of benzene rings is 1. The van der Waals surface area contributed by atoms with Crippen LogP contribution in [-0.2, 0) is 16.6 Å². The second-order valence-corrected chi connectivity index (χ2v) is 5.73. The Morgan fingerprint density at radius 2 is 1.72 bits per heavy atom. The van der Waals surface area contributed by atoms with Gasteiger partial charge in [0.25, 0.3) is 0 Å². The first kappa shape index (κ1) is 12.9. The SMILES string of the molecule is O=S(=O)(NCc1cncnc1)c1ccc(Cl)cc1. The van der Waals surface area contributed by atoms with Crippen LogP contribution in [0.5, 0.6) is 0 Å². The second kappa shape index (κ2) is 5.43. The van der Waals surface area contributed by atoms with E-state index in [1.807, 2.05) is 0 Å². The maximum absolute atomic E-state index is 11.9. The lowest BCUT2D eigenvalue weighted by Crippen LogP contribution is -2.23. The molecule has 0 saturated carbocycles. The van der Waals surface area contributed by atoms with Crippen molar-refractivity contribution < 1.29 is 8.42 Å². The predicted molar refractivity (Wildman–Crippen MR) is 67.5 cm³/mol. The van der Waals surface area contributed by atoms with Crippen molar-refractivity contribution in [3.63, 3.8) is 0 Å². The largest absolute Gasteiger partial charge is 0.244 e. The highest BCUT2D eigenvalue weighted by Gasteiger charge is 2.13. The molecule has 7 heteroatoms. The molecule has 0 aliphatic heterocycles.